The van der Waals surface area contributed by atoms with E-state index in [-0.39, 0.29) is 0 Å². The second-order valence-corrected chi connectivity index (χ2v) is 6.70. The van der Waals surface area contributed by atoms with Crippen LogP contribution in [0.1, 0.15) is 0 Å². The lowest BCUT2D eigenvalue weighted by Gasteiger charge is -2.10. The predicted octanol–water partition coefficient (Wildman–Crippen LogP) is 7.58. The van der Waals surface area contributed by atoms with Crippen LogP contribution in [0, 0.1) is 0 Å². The molecule has 0 atom stereocenters. The van der Waals surface area contributed by atoms with Crippen LogP contribution in [0.15, 0.2) is 109 Å². The van der Waals surface area contributed by atoms with Gasteiger partial charge in [-0.25, -0.2) is 0 Å². The van der Waals surface area contributed by atoms with E-state index in [0.29, 0.717) is 0 Å². The summed E-state index contributed by atoms with van der Waals surface area (Å²) in [5, 5.41) is 4.71. The molecule has 0 aliphatic heterocycles. The van der Waals surface area contributed by atoms with Crippen molar-refractivity contribution in [2.45, 2.75) is 0 Å². The first-order chi connectivity index (χ1) is 13.8. The van der Waals surface area contributed by atoms with Crippen LogP contribution >= 0.6 is 0 Å². The van der Waals surface area contributed by atoms with E-state index in [1.54, 1.807) is 0 Å². The molecule has 0 aliphatic rings. The Hall–Kier alpha value is -3.78. The summed E-state index contributed by atoms with van der Waals surface area (Å²) in [6.45, 7) is 0. The van der Waals surface area contributed by atoms with E-state index in [1.807, 2.05) is 72.8 Å². The minimum atomic E-state index is 0.744. The molecule has 2 nitrogen and oxygen atoms in total. The van der Waals surface area contributed by atoms with Crippen molar-refractivity contribution >= 4 is 21.5 Å². The Morgan fingerprint density at radius 1 is 0.321 bits per heavy atom. The first-order valence-corrected chi connectivity index (χ1v) is 9.27. The van der Waals surface area contributed by atoms with Gasteiger partial charge in [0, 0.05) is 6.07 Å². The van der Waals surface area contributed by atoms with Gasteiger partial charge in [-0.1, -0.05) is 66.7 Å². The van der Waals surface area contributed by atoms with Crippen molar-refractivity contribution in [2.75, 3.05) is 0 Å². The summed E-state index contributed by atoms with van der Waals surface area (Å²) in [6, 6.07) is 36.4. The lowest BCUT2D eigenvalue weighted by Crippen LogP contribution is -1.87. The highest BCUT2D eigenvalue weighted by Crippen LogP contribution is 2.31. The van der Waals surface area contributed by atoms with Crippen LogP contribution in [0.4, 0.5) is 0 Å². The summed E-state index contributed by atoms with van der Waals surface area (Å²) in [7, 11) is 0. The number of benzene rings is 5. The maximum atomic E-state index is 6.06. The van der Waals surface area contributed by atoms with Gasteiger partial charge in [0.05, 0.1) is 0 Å². The lowest BCUT2D eigenvalue weighted by molar-refractivity contribution is 0.461. The van der Waals surface area contributed by atoms with Crippen LogP contribution in [0.3, 0.4) is 0 Å². The van der Waals surface area contributed by atoms with Crippen LogP contribution in [0.2, 0.25) is 0 Å². The topological polar surface area (TPSA) is 18.5 Å². The molecule has 28 heavy (non-hydrogen) atoms. The summed E-state index contributed by atoms with van der Waals surface area (Å²) in [6.07, 6.45) is 0. The van der Waals surface area contributed by atoms with Crippen molar-refractivity contribution in [1.82, 2.24) is 0 Å². The minimum absolute atomic E-state index is 0.744. The van der Waals surface area contributed by atoms with Crippen LogP contribution in [0.25, 0.3) is 21.5 Å². The Kier molecular flexibility index (Phi) is 4.15. The molecule has 0 aromatic heterocycles. The van der Waals surface area contributed by atoms with Crippen LogP contribution in [-0.2, 0) is 0 Å². The fourth-order valence-electron chi connectivity index (χ4n) is 3.34. The summed E-state index contributed by atoms with van der Waals surface area (Å²) in [4.78, 5) is 0. The van der Waals surface area contributed by atoms with Gasteiger partial charge in [0.25, 0.3) is 0 Å². The van der Waals surface area contributed by atoms with Crippen LogP contribution in [-0.4, -0.2) is 0 Å². The summed E-state index contributed by atoms with van der Waals surface area (Å²) < 4.78 is 12.1. The van der Waals surface area contributed by atoms with Gasteiger partial charge in [0.15, 0.2) is 0 Å². The average molecular weight is 362 g/mol. The molecule has 0 aliphatic carbocycles. The molecule has 0 radical (unpaired) electrons. The van der Waals surface area contributed by atoms with E-state index in [4.69, 9.17) is 9.47 Å². The Labute approximate surface area is 163 Å². The van der Waals surface area contributed by atoms with Gasteiger partial charge in [-0.2, -0.15) is 0 Å². The van der Waals surface area contributed by atoms with Crippen molar-refractivity contribution in [2.24, 2.45) is 0 Å². The highest BCUT2D eigenvalue weighted by Gasteiger charge is 2.04. The molecular weight excluding hydrogens is 344 g/mol. The summed E-state index contributed by atoms with van der Waals surface area (Å²) >= 11 is 0. The van der Waals surface area contributed by atoms with E-state index in [9.17, 15) is 0 Å². The highest BCUT2D eigenvalue weighted by atomic mass is 16.5. The van der Waals surface area contributed by atoms with Gasteiger partial charge >= 0.3 is 0 Å². The molecule has 0 amide bonds. The van der Waals surface area contributed by atoms with Crippen molar-refractivity contribution in [3.8, 4) is 23.0 Å². The fourth-order valence-corrected chi connectivity index (χ4v) is 3.34. The molecule has 0 spiro atoms. The third-order valence-corrected chi connectivity index (χ3v) is 4.72. The molecule has 0 fully saturated rings. The standard InChI is InChI=1S/C26H18O2/c1-3-8-21-16-25(14-12-19(21)6-1)27-23-10-5-11-24(18-23)28-26-15-13-20-7-2-4-9-22(20)17-26/h1-18H. The molecule has 2 heteroatoms. The van der Waals surface area contributed by atoms with E-state index in [1.165, 1.54) is 10.8 Å². The van der Waals surface area contributed by atoms with Crippen molar-refractivity contribution < 1.29 is 9.47 Å². The molecule has 0 saturated carbocycles. The third-order valence-electron chi connectivity index (χ3n) is 4.72. The molecular formula is C26H18O2. The Balaban J connectivity index is 1.39. The van der Waals surface area contributed by atoms with Gasteiger partial charge in [0.2, 0.25) is 0 Å². The number of ether oxygens (including phenoxy) is 2. The van der Waals surface area contributed by atoms with E-state index in [0.717, 1.165) is 33.8 Å². The monoisotopic (exact) mass is 362 g/mol. The van der Waals surface area contributed by atoms with Crippen LogP contribution in [0.5, 0.6) is 23.0 Å². The smallest absolute Gasteiger partial charge is 0.131 e. The lowest BCUT2D eigenvalue weighted by atomic mass is 10.1. The normalized spacial score (nSPS) is 10.9. The molecule has 5 aromatic carbocycles. The molecule has 0 N–H and O–H groups in total. The molecule has 0 saturated heterocycles. The van der Waals surface area contributed by atoms with E-state index < -0.39 is 0 Å². The first-order valence-electron chi connectivity index (χ1n) is 9.27. The zero-order valence-electron chi connectivity index (χ0n) is 15.2. The van der Waals surface area contributed by atoms with Gasteiger partial charge in [-0.15, -0.1) is 0 Å². The van der Waals surface area contributed by atoms with Crippen molar-refractivity contribution in [3.63, 3.8) is 0 Å². The summed E-state index contributed by atoms with van der Waals surface area (Å²) in [5.74, 6) is 3.10. The SMILES string of the molecule is c1cc(Oc2ccc3ccccc3c2)cc(Oc2ccc3ccccc3c2)c1. The van der Waals surface area contributed by atoms with Gasteiger partial charge < -0.3 is 9.47 Å². The molecule has 0 heterocycles. The summed E-state index contributed by atoms with van der Waals surface area (Å²) in [5.41, 5.74) is 0. The zero-order valence-corrected chi connectivity index (χ0v) is 15.2. The predicted molar refractivity (Wildman–Crippen MR) is 114 cm³/mol. The molecule has 0 unspecified atom stereocenters. The zero-order chi connectivity index (χ0) is 18.8. The molecule has 5 rings (SSSR count). The van der Waals surface area contributed by atoms with E-state index in [2.05, 4.69) is 36.4 Å². The van der Waals surface area contributed by atoms with E-state index >= 15 is 0 Å². The number of hydrogen-bond acceptors (Lipinski definition) is 2. The van der Waals surface area contributed by atoms with Gasteiger partial charge in [0.1, 0.15) is 23.0 Å². The molecule has 5 aromatic rings. The van der Waals surface area contributed by atoms with Gasteiger partial charge in [-0.3, -0.25) is 0 Å². The first kappa shape index (κ1) is 16.4. The van der Waals surface area contributed by atoms with Gasteiger partial charge in [-0.05, 0) is 57.9 Å². The van der Waals surface area contributed by atoms with Crippen molar-refractivity contribution in [1.29, 1.82) is 0 Å². The largest absolute Gasteiger partial charge is 0.457 e. The van der Waals surface area contributed by atoms with Crippen LogP contribution < -0.4 is 9.47 Å². The second kappa shape index (κ2) is 7.09. The Morgan fingerprint density at radius 3 is 1.25 bits per heavy atom. The third kappa shape index (κ3) is 3.40. The Bertz CT molecular complexity index is 1180. The number of fused-ring (bicyclic) bond motifs is 2. The number of rotatable bonds is 4. The second-order valence-electron chi connectivity index (χ2n) is 6.70. The Morgan fingerprint density at radius 2 is 0.750 bits per heavy atom. The highest BCUT2D eigenvalue weighted by molar-refractivity contribution is 5.84. The minimum Gasteiger partial charge on any atom is -0.457 e. The molecule has 134 valence electrons. The quantitative estimate of drug-likeness (QED) is 0.328. The number of hydrogen-bond donors (Lipinski definition) is 0. The fraction of sp³-hybridized carbons (Fsp3) is 0. The maximum absolute atomic E-state index is 6.06. The molecule has 0 bridgehead atoms. The van der Waals surface area contributed by atoms with Crippen molar-refractivity contribution in [3.05, 3.63) is 109 Å². The average Bonchev–Trinajstić information content (AvgIpc) is 2.74. The maximum Gasteiger partial charge on any atom is 0.131 e.